The largest absolute Gasteiger partial charge is 0.444 e. The van der Waals surface area contributed by atoms with E-state index < -0.39 is 11.7 Å². The lowest BCUT2D eigenvalue weighted by atomic mass is 10.1. The summed E-state index contributed by atoms with van der Waals surface area (Å²) < 4.78 is 5.09. The first-order chi connectivity index (χ1) is 10.7. The van der Waals surface area contributed by atoms with Gasteiger partial charge in [-0.3, -0.25) is 9.80 Å². The SMILES string of the molecule is CC.Cc1cccc(C(=O)N(N)CCNC(=O)OC(C)(C)C)c1. The highest BCUT2D eigenvalue weighted by molar-refractivity contribution is 5.94. The van der Waals surface area contributed by atoms with Crippen molar-refractivity contribution in [3.63, 3.8) is 0 Å². The first kappa shape index (κ1) is 20.9. The minimum atomic E-state index is -0.552. The number of aryl methyl sites for hydroxylation is 1. The van der Waals surface area contributed by atoms with Gasteiger partial charge in [-0.05, 0) is 39.8 Å². The topological polar surface area (TPSA) is 84.7 Å². The molecule has 0 bridgehead atoms. The van der Waals surface area contributed by atoms with Crippen LogP contribution in [-0.2, 0) is 4.74 Å². The van der Waals surface area contributed by atoms with Gasteiger partial charge in [0.2, 0.25) is 0 Å². The fourth-order valence-corrected chi connectivity index (χ4v) is 1.64. The summed E-state index contributed by atoms with van der Waals surface area (Å²) in [6.07, 6.45) is -0.529. The van der Waals surface area contributed by atoms with Crippen molar-refractivity contribution in [1.82, 2.24) is 10.3 Å². The van der Waals surface area contributed by atoms with Crippen molar-refractivity contribution in [2.24, 2.45) is 5.84 Å². The molecule has 1 aromatic rings. The molecule has 0 heterocycles. The van der Waals surface area contributed by atoms with Gasteiger partial charge in [0.15, 0.2) is 0 Å². The number of hydrogen-bond acceptors (Lipinski definition) is 4. The fourth-order valence-electron chi connectivity index (χ4n) is 1.64. The van der Waals surface area contributed by atoms with E-state index in [0.717, 1.165) is 10.6 Å². The summed E-state index contributed by atoms with van der Waals surface area (Å²) >= 11 is 0. The standard InChI is InChI=1S/C15H23N3O3.C2H6/c1-11-6-5-7-12(10-11)13(19)18(16)9-8-17-14(20)21-15(2,3)4;1-2/h5-7,10H,8-9,16H2,1-4H3,(H,17,20);1-2H3. The first-order valence-corrected chi connectivity index (χ1v) is 7.79. The maximum Gasteiger partial charge on any atom is 0.407 e. The Morgan fingerprint density at radius 3 is 2.39 bits per heavy atom. The molecule has 0 saturated carbocycles. The van der Waals surface area contributed by atoms with Crippen molar-refractivity contribution in [3.05, 3.63) is 35.4 Å². The Morgan fingerprint density at radius 1 is 1.26 bits per heavy atom. The zero-order valence-electron chi connectivity index (χ0n) is 15.0. The van der Waals surface area contributed by atoms with Gasteiger partial charge in [-0.2, -0.15) is 0 Å². The van der Waals surface area contributed by atoms with E-state index in [0.29, 0.717) is 5.56 Å². The third-order valence-corrected chi connectivity index (χ3v) is 2.55. The predicted molar refractivity (Wildman–Crippen MR) is 92.0 cm³/mol. The van der Waals surface area contributed by atoms with Gasteiger partial charge in [0.25, 0.3) is 5.91 Å². The molecule has 130 valence electrons. The van der Waals surface area contributed by atoms with Crippen LogP contribution in [0.15, 0.2) is 24.3 Å². The highest BCUT2D eigenvalue weighted by Gasteiger charge is 2.16. The van der Waals surface area contributed by atoms with E-state index in [4.69, 9.17) is 10.6 Å². The van der Waals surface area contributed by atoms with Gasteiger partial charge in [-0.25, -0.2) is 10.6 Å². The second-order valence-corrected chi connectivity index (χ2v) is 5.80. The van der Waals surface area contributed by atoms with Crippen LogP contribution in [-0.4, -0.2) is 35.7 Å². The number of hydrazine groups is 1. The summed E-state index contributed by atoms with van der Waals surface area (Å²) in [6, 6.07) is 7.18. The van der Waals surface area contributed by atoms with Crippen LogP contribution in [0.1, 0.15) is 50.5 Å². The fraction of sp³-hybridized carbons (Fsp3) is 0.529. The lowest BCUT2D eigenvalue weighted by Gasteiger charge is -2.21. The van der Waals surface area contributed by atoms with Crippen molar-refractivity contribution in [3.8, 4) is 0 Å². The lowest BCUT2D eigenvalue weighted by molar-refractivity contribution is 0.0514. The number of nitrogens with two attached hydrogens (primary N) is 1. The van der Waals surface area contributed by atoms with Crippen LogP contribution in [0.3, 0.4) is 0 Å². The van der Waals surface area contributed by atoms with Gasteiger partial charge in [0.1, 0.15) is 5.60 Å². The van der Waals surface area contributed by atoms with E-state index in [9.17, 15) is 9.59 Å². The molecule has 0 atom stereocenters. The van der Waals surface area contributed by atoms with Crippen LogP contribution in [0.2, 0.25) is 0 Å². The number of rotatable bonds is 4. The maximum absolute atomic E-state index is 12.1. The highest BCUT2D eigenvalue weighted by Crippen LogP contribution is 2.07. The number of amides is 2. The van der Waals surface area contributed by atoms with Crippen LogP contribution >= 0.6 is 0 Å². The van der Waals surface area contributed by atoms with Crippen LogP contribution in [0.5, 0.6) is 0 Å². The third-order valence-electron chi connectivity index (χ3n) is 2.55. The second-order valence-electron chi connectivity index (χ2n) is 5.80. The Hall–Kier alpha value is -2.08. The van der Waals surface area contributed by atoms with E-state index in [1.165, 1.54) is 0 Å². The number of alkyl carbamates (subject to hydrolysis) is 1. The molecule has 0 spiro atoms. The van der Waals surface area contributed by atoms with Crippen molar-refractivity contribution >= 4 is 12.0 Å². The van der Waals surface area contributed by atoms with E-state index >= 15 is 0 Å². The predicted octanol–water partition coefficient (Wildman–Crippen LogP) is 2.86. The number of benzene rings is 1. The van der Waals surface area contributed by atoms with Gasteiger partial charge in [0.05, 0.1) is 6.54 Å². The highest BCUT2D eigenvalue weighted by atomic mass is 16.6. The average Bonchev–Trinajstić information content (AvgIpc) is 2.46. The van der Waals surface area contributed by atoms with Crippen molar-refractivity contribution in [1.29, 1.82) is 0 Å². The Morgan fingerprint density at radius 2 is 1.87 bits per heavy atom. The van der Waals surface area contributed by atoms with Crippen molar-refractivity contribution < 1.29 is 14.3 Å². The summed E-state index contributed by atoms with van der Waals surface area (Å²) in [5.41, 5.74) is 0.958. The van der Waals surface area contributed by atoms with E-state index in [1.54, 1.807) is 39.0 Å². The minimum absolute atomic E-state index is 0.200. The smallest absolute Gasteiger partial charge is 0.407 e. The Kier molecular flexibility index (Phi) is 8.95. The first-order valence-electron chi connectivity index (χ1n) is 7.79. The molecule has 0 unspecified atom stereocenters. The van der Waals surface area contributed by atoms with Gasteiger partial charge in [-0.1, -0.05) is 31.5 Å². The Labute approximate surface area is 139 Å². The molecule has 6 nitrogen and oxygen atoms in total. The molecule has 0 aliphatic carbocycles. The maximum atomic E-state index is 12.1. The molecular weight excluding hydrogens is 294 g/mol. The summed E-state index contributed by atoms with van der Waals surface area (Å²) in [6.45, 7) is 11.7. The van der Waals surface area contributed by atoms with E-state index in [1.807, 2.05) is 26.8 Å². The van der Waals surface area contributed by atoms with Crippen molar-refractivity contribution in [2.45, 2.75) is 47.1 Å². The molecule has 23 heavy (non-hydrogen) atoms. The molecule has 6 heteroatoms. The van der Waals surface area contributed by atoms with Gasteiger partial charge in [0, 0.05) is 12.1 Å². The number of hydrogen-bond donors (Lipinski definition) is 2. The number of nitrogens with zero attached hydrogens (tertiary/aromatic N) is 1. The molecule has 0 fully saturated rings. The second kappa shape index (κ2) is 9.84. The van der Waals surface area contributed by atoms with E-state index in [-0.39, 0.29) is 19.0 Å². The molecule has 0 aliphatic heterocycles. The quantitative estimate of drug-likeness (QED) is 0.507. The van der Waals surface area contributed by atoms with Crippen LogP contribution in [0.25, 0.3) is 0 Å². The lowest BCUT2D eigenvalue weighted by Crippen LogP contribution is -2.43. The molecular formula is C17H29N3O3. The zero-order chi connectivity index (χ0) is 18.0. The number of carbonyl (C=O) groups excluding carboxylic acids is 2. The van der Waals surface area contributed by atoms with Gasteiger partial charge >= 0.3 is 6.09 Å². The Bertz CT molecular complexity index is 510. The summed E-state index contributed by atoms with van der Waals surface area (Å²) in [7, 11) is 0. The van der Waals surface area contributed by atoms with Crippen LogP contribution in [0.4, 0.5) is 4.79 Å². The number of ether oxygens (including phenoxy) is 1. The summed E-state index contributed by atoms with van der Waals surface area (Å²) in [5, 5.41) is 3.63. The molecule has 2 amide bonds. The molecule has 0 radical (unpaired) electrons. The average molecular weight is 323 g/mol. The van der Waals surface area contributed by atoms with Gasteiger partial charge < -0.3 is 10.1 Å². The monoisotopic (exact) mass is 323 g/mol. The number of carbonyl (C=O) groups is 2. The zero-order valence-corrected chi connectivity index (χ0v) is 15.0. The Balaban J connectivity index is 0.00000232. The molecule has 3 N–H and O–H groups in total. The molecule has 0 aromatic heterocycles. The summed E-state index contributed by atoms with van der Waals surface area (Å²) in [5.74, 6) is 5.42. The van der Waals surface area contributed by atoms with Crippen LogP contribution in [0, 0.1) is 6.92 Å². The third kappa shape index (κ3) is 8.83. The molecule has 1 aromatic carbocycles. The summed E-state index contributed by atoms with van der Waals surface area (Å²) in [4.78, 5) is 23.5. The minimum Gasteiger partial charge on any atom is -0.444 e. The molecule has 0 aliphatic rings. The molecule has 0 saturated heterocycles. The normalized spacial score (nSPS) is 10.2. The number of nitrogens with one attached hydrogen (secondary N) is 1. The van der Waals surface area contributed by atoms with Crippen LogP contribution < -0.4 is 11.2 Å². The molecule has 1 rings (SSSR count). The van der Waals surface area contributed by atoms with Gasteiger partial charge in [-0.15, -0.1) is 0 Å². The van der Waals surface area contributed by atoms with E-state index in [2.05, 4.69) is 5.32 Å². The van der Waals surface area contributed by atoms with Crippen molar-refractivity contribution in [2.75, 3.05) is 13.1 Å².